The molecule has 0 amide bonds. The first kappa shape index (κ1) is 15.7. The monoisotopic (exact) mass is 263 g/mol. The lowest BCUT2D eigenvalue weighted by Crippen LogP contribution is -2.39. The predicted molar refractivity (Wildman–Crippen MR) is 78.6 cm³/mol. The van der Waals surface area contributed by atoms with Crippen molar-refractivity contribution in [3.63, 3.8) is 0 Å². The number of aldehydes is 1. The second-order valence-corrected chi connectivity index (χ2v) is 5.89. The van der Waals surface area contributed by atoms with E-state index in [4.69, 9.17) is 4.74 Å². The number of benzene rings is 1. The van der Waals surface area contributed by atoms with Crippen LogP contribution in [-0.2, 0) is 11.2 Å². The Morgan fingerprint density at radius 1 is 1.37 bits per heavy atom. The molecule has 0 aliphatic carbocycles. The Balaban J connectivity index is 2.68. The van der Waals surface area contributed by atoms with Gasteiger partial charge in [-0.15, -0.1) is 0 Å². The third-order valence-electron chi connectivity index (χ3n) is 3.44. The van der Waals surface area contributed by atoms with Crippen molar-refractivity contribution < 1.29 is 9.53 Å². The van der Waals surface area contributed by atoms with E-state index in [1.807, 2.05) is 32.0 Å². The van der Waals surface area contributed by atoms with E-state index in [1.54, 1.807) is 7.11 Å². The molecule has 0 heterocycles. The van der Waals surface area contributed by atoms with Crippen molar-refractivity contribution in [3.05, 3.63) is 29.8 Å². The van der Waals surface area contributed by atoms with E-state index in [1.165, 1.54) is 5.56 Å². The molecule has 0 saturated carbocycles. The van der Waals surface area contributed by atoms with Crippen molar-refractivity contribution in [3.8, 4) is 5.75 Å². The van der Waals surface area contributed by atoms with Crippen LogP contribution in [0.3, 0.4) is 0 Å². The van der Waals surface area contributed by atoms with E-state index in [0.717, 1.165) is 25.0 Å². The molecule has 0 aliphatic heterocycles. The fourth-order valence-electron chi connectivity index (χ4n) is 2.18. The number of ether oxygens (including phenoxy) is 1. The van der Waals surface area contributed by atoms with E-state index in [2.05, 4.69) is 24.9 Å². The maximum Gasteiger partial charge on any atom is 0.126 e. The van der Waals surface area contributed by atoms with Crippen LogP contribution in [0.2, 0.25) is 0 Å². The van der Waals surface area contributed by atoms with Crippen LogP contribution in [-0.4, -0.2) is 37.9 Å². The van der Waals surface area contributed by atoms with E-state index in [9.17, 15) is 4.79 Å². The number of likely N-dealkylation sites (N-methyl/N-ethyl adjacent to an activating group) is 1. The molecule has 0 fully saturated rings. The molecule has 0 spiro atoms. The fraction of sp³-hybridized carbons (Fsp3) is 0.562. The molecule has 1 atom stereocenters. The summed E-state index contributed by atoms with van der Waals surface area (Å²) >= 11 is 0. The number of carbonyl (C=O) groups is 1. The second-order valence-electron chi connectivity index (χ2n) is 5.89. The van der Waals surface area contributed by atoms with Gasteiger partial charge >= 0.3 is 0 Å². The Morgan fingerprint density at radius 2 is 2.00 bits per heavy atom. The van der Waals surface area contributed by atoms with Gasteiger partial charge in [-0.2, -0.15) is 0 Å². The summed E-state index contributed by atoms with van der Waals surface area (Å²) in [6.45, 7) is 6.86. The lowest BCUT2D eigenvalue weighted by Gasteiger charge is -2.30. The van der Waals surface area contributed by atoms with E-state index < -0.39 is 0 Å². The number of hydrogen-bond acceptors (Lipinski definition) is 3. The molecule has 0 saturated heterocycles. The molecule has 3 heteroatoms. The summed E-state index contributed by atoms with van der Waals surface area (Å²) in [4.78, 5) is 13.2. The van der Waals surface area contributed by atoms with Crippen LogP contribution in [0.25, 0.3) is 0 Å². The van der Waals surface area contributed by atoms with Crippen LogP contribution >= 0.6 is 0 Å². The zero-order valence-electron chi connectivity index (χ0n) is 12.6. The average Bonchev–Trinajstić information content (AvgIpc) is 2.38. The number of hydrogen-bond donors (Lipinski definition) is 0. The van der Waals surface area contributed by atoms with Gasteiger partial charge in [0, 0.05) is 18.0 Å². The van der Waals surface area contributed by atoms with Gasteiger partial charge in [0.05, 0.1) is 7.11 Å². The molecule has 0 aromatic heterocycles. The summed E-state index contributed by atoms with van der Waals surface area (Å²) in [5.41, 5.74) is 0.900. The van der Waals surface area contributed by atoms with E-state index >= 15 is 0 Å². The van der Waals surface area contributed by atoms with Gasteiger partial charge in [-0.3, -0.25) is 0 Å². The number of methoxy groups -OCH3 is 1. The summed E-state index contributed by atoms with van der Waals surface area (Å²) < 4.78 is 5.37. The zero-order valence-corrected chi connectivity index (χ0v) is 12.6. The van der Waals surface area contributed by atoms with Crippen molar-refractivity contribution in [1.29, 1.82) is 0 Å². The van der Waals surface area contributed by atoms with Crippen LogP contribution in [0.1, 0.15) is 26.3 Å². The minimum Gasteiger partial charge on any atom is -0.496 e. The van der Waals surface area contributed by atoms with Crippen molar-refractivity contribution in [2.45, 2.75) is 33.2 Å². The third-order valence-corrected chi connectivity index (χ3v) is 3.44. The SMILES string of the molecule is COc1ccccc1CC(C)N(C)CC(C)(C)C=O. The first-order valence-corrected chi connectivity index (χ1v) is 6.68. The van der Waals surface area contributed by atoms with Gasteiger partial charge in [0.25, 0.3) is 0 Å². The highest BCUT2D eigenvalue weighted by atomic mass is 16.5. The van der Waals surface area contributed by atoms with Gasteiger partial charge < -0.3 is 14.4 Å². The summed E-state index contributed by atoms with van der Waals surface area (Å²) in [7, 11) is 3.76. The van der Waals surface area contributed by atoms with Crippen molar-refractivity contribution in [2.75, 3.05) is 20.7 Å². The van der Waals surface area contributed by atoms with Crippen molar-refractivity contribution in [1.82, 2.24) is 4.90 Å². The van der Waals surface area contributed by atoms with Crippen LogP contribution < -0.4 is 4.74 Å². The molecule has 1 aromatic carbocycles. The molecule has 0 bridgehead atoms. The molecule has 1 rings (SSSR count). The number of nitrogens with zero attached hydrogens (tertiary/aromatic N) is 1. The highest BCUT2D eigenvalue weighted by Crippen LogP contribution is 2.21. The molecule has 19 heavy (non-hydrogen) atoms. The summed E-state index contributed by atoms with van der Waals surface area (Å²) in [5.74, 6) is 0.928. The zero-order chi connectivity index (χ0) is 14.5. The van der Waals surface area contributed by atoms with Gasteiger partial charge in [0.2, 0.25) is 0 Å². The Bertz CT molecular complexity index is 415. The summed E-state index contributed by atoms with van der Waals surface area (Å²) in [6, 6.07) is 8.44. The molecular formula is C16H25NO2. The largest absolute Gasteiger partial charge is 0.496 e. The van der Waals surface area contributed by atoms with Crippen LogP contribution in [0, 0.1) is 5.41 Å². The lowest BCUT2D eigenvalue weighted by atomic mass is 9.94. The second kappa shape index (κ2) is 6.71. The highest BCUT2D eigenvalue weighted by Gasteiger charge is 2.22. The number of para-hydroxylation sites is 1. The molecule has 106 valence electrons. The molecule has 0 radical (unpaired) electrons. The minimum atomic E-state index is -0.302. The van der Waals surface area contributed by atoms with E-state index in [-0.39, 0.29) is 5.41 Å². The third kappa shape index (κ3) is 4.67. The quantitative estimate of drug-likeness (QED) is 0.708. The van der Waals surface area contributed by atoms with Crippen molar-refractivity contribution in [2.24, 2.45) is 5.41 Å². The van der Waals surface area contributed by atoms with Crippen LogP contribution in [0.5, 0.6) is 5.75 Å². The summed E-state index contributed by atoms with van der Waals surface area (Å²) in [6.07, 6.45) is 1.94. The molecule has 1 unspecified atom stereocenters. The molecule has 0 aliphatic rings. The van der Waals surface area contributed by atoms with Crippen LogP contribution in [0.4, 0.5) is 0 Å². The lowest BCUT2D eigenvalue weighted by molar-refractivity contribution is -0.115. The predicted octanol–water partition coefficient (Wildman–Crippen LogP) is 2.78. The van der Waals surface area contributed by atoms with Gasteiger partial charge in [-0.25, -0.2) is 0 Å². The molecular weight excluding hydrogens is 238 g/mol. The van der Waals surface area contributed by atoms with Gasteiger partial charge in [0.1, 0.15) is 12.0 Å². The Kier molecular flexibility index (Phi) is 5.55. The van der Waals surface area contributed by atoms with Gasteiger partial charge in [-0.1, -0.05) is 32.0 Å². The summed E-state index contributed by atoms with van der Waals surface area (Å²) in [5, 5.41) is 0. The Morgan fingerprint density at radius 3 is 2.58 bits per heavy atom. The normalized spacial score (nSPS) is 13.4. The molecule has 1 aromatic rings. The minimum absolute atomic E-state index is 0.302. The standard InChI is InChI=1S/C16H25NO2/c1-13(17(4)11-16(2,3)12-18)10-14-8-6-7-9-15(14)19-5/h6-9,12-13H,10-11H2,1-5H3. The van der Waals surface area contributed by atoms with Crippen molar-refractivity contribution >= 4 is 6.29 Å². The van der Waals surface area contributed by atoms with Gasteiger partial charge in [0.15, 0.2) is 0 Å². The Labute approximate surface area is 116 Å². The smallest absolute Gasteiger partial charge is 0.126 e. The molecule has 3 nitrogen and oxygen atoms in total. The first-order valence-electron chi connectivity index (χ1n) is 6.68. The highest BCUT2D eigenvalue weighted by molar-refractivity contribution is 5.58. The maximum atomic E-state index is 11.0. The molecule has 0 N–H and O–H groups in total. The Hall–Kier alpha value is -1.35. The maximum absolute atomic E-state index is 11.0. The number of carbonyl (C=O) groups excluding carboxylic acids is 1. The van der Waals surface area contributed by atoms with Gasteiger partial charge in [-0.05, 0) is 32.0 Å². The topological polar surface area (TPSA) is 29.5 Å². The van der Waals surface area contributed by atoms with Crippen LogP contribution in [0.15, 0.2) is 24.3 Å². The number of rotatable bonds is 7. The first-order chi connectivity index (χ1) is 8.89. The fourth-order valence-corrected chi connectivity index (χ4v) is 2.18. The van der Waals surface area contributed by atoms with E-state index in [0.29, 0.717) is 6.04 Å². The average molecular weight is 263 g/mol.